The third-order valence-corrected chi connectivity index (χ3v) is 2.51. The van der Waals surface area contributed by atoms with Crippen LogP contribution in [0.15, 0.2) is 23.4 Å². The van der Waals surface area contributed by atoms with Crippen molar-refractivity contribution < 1.29 is 14.3 Å². The summed E-state index contributed by atoms with van der Waals surface area (Å²) in [6.45, 7) is 1.20. The van der Waals surface area contributed by atoms with E-state index in [2.05, 4.69) is 11.2 Å². The predicted octanol–water partition coefficient (Wildman–Crippen LogP) is 1.62. The highest BCUT2D eigenvalue weighted by atomic mass is 16.6. The lowest BCUT2D eigenvalue weighted by Gasteiger charge is -2.06. The molecular formula is C12H15NO3. The Hall–Kier alpha value is -1.55. The first-order valence-corrected chi connectivity index (χ1v) is 5.20. The second-order valence-corrected chi connectivity index (χ2v) is 3.57. The minimum absolute atomic E-state index is 0.438. The Labute approximate surface area is 94.8 Å². The number of hydrogen-bond donors (Lipinski definition) is 0. The predicted molar refractivity (Wildman–Crippen MR) is 61.1 cm³/mol. The number of fused-ring (bicyclic) bond motifs is 1. The van der Waals surface area contributed by atoms with Crippen LogP contribution >= 0.6 is 0 Å². The Kier molecular flexibility index (Phi) is 3.41. The number of benzene rings is 1. The molecule has 0 radical (unpaired) electrons. The summed E-state index contributed by atoms with van der Waals surface area (Å²) in [6.07, 6.45) is 0.955. The molecule has 0 unspecified atom stereocenters. The Morgan fingerprint density at radius 2 is 2.31 bits per heavy atom. The number of nitrogens with zero attached hydrogens (tertiary/aromatic N) is 1. The SMILES string of the molecule is COCC(=NOC)c1ccc2c(c1)CCO2. The van der Waals surface area contributed by atoms with Gasteiger partial charge in [-0.15, -0.1) is 0 Å². The van der Waals surface area contributed by atoms with Gasteiger partial charge < -0.3 is 14.3 Å². The molecule has 4 heteroatoms. The summed E-state index contributed by atoms with van der Waals surface area (Å²) in [5, 5.41) is 3.96. The van der Waals surface area contributed by atoms with Gasteiger partial charge in [0.05, 0.1) is 13.2 Å². The van der Waals surface area contributed by atoms with Gasteiger partial charge in [0.1, 0.15) is 18.6 Å². The van der Waals surface area contributed by atoms with Crippen molar-refractivity contribution >= 4 is 5.71 Å². The first-order valence-electron chi connectivity index (χ1n) is 5.20. The van der Waals surface area contributed by atoms with Crippen molar-refractivity contribution in [2.45, 2.75) is 6.42 Å². The summed E-state index contributed by atoms with van der Waals surface area (Å²) < 4.78 is 10.5. The Morgan fingerprint density at radius 3 is 3.06 bits per heavy atom. The molecule has 0 saturated carbocycles. The summed E-state index contributed by atoms with van der Waals surface area (Å²) in [4.78, 5) is 4.81. The minimum atomic E-state index is 0.438. The van der Waals surface area contributed by atoms with Gasteiger partial charge in [0.2, 0.25) is 0 Å². The third kappa shape index (κ3) is 2.17. The molecule has 0 atom stereocenters. The summed E-state index contributed by atoms with van der Waals surface area (Å²) in [7, 11) is 3.17. The molecule has 0 fully saturated rings. The summed E-state index contributed by atoms with van der Waals surface area (Å²) in [5.41, 5.74) is 3.03. The largest absolute Gasteiger partial charge is 0.493 e. The summed E-state index contributed by atoms with van der Waals surface area (Å²) in [6, 6.07) is 6.03. The van der Waals surface area contributed by atoms with E-state index in [0.29, 0.717) is 6.61 Å². The van der Waals surface area contributed by atoms with Crippen LogP contribution in [0.25, 0.3) is 0 Å². The average molecular weight is 221 g/mol. The van der Waals surface area contributed by atoms with Crippen LogP contribution in [0, 0.1) is 0 Å². The van der Waals surface area contributed by atoms with Gasteiger partial charge in [0.15, 0.2) is 0 Å². The van der Waals surface area contributed by atoms with E-state index >= 15 is 0 Å². The minimum Gasteiger partial charge on any atom is -0.493 e. The molecule has 0 saturated heterocycles. The summed E-state index contributed by atoms with van der Waals surface area (Å²) >= 11 is 0. The maximum atomic E-state index is 5.45. The fourth-order valence-electron chi connectivity index (χ4n) is 1.78. The molecule has 1 aliphatic rings. The standard InChI is InChI=1S/C12H15NO3/c1-14-8-11(13-15-2)9-3-4-12-10(7-9)5-6-16-12/h3-4,7H,5-6,8H2,1-2H3. The van der Waals surface area contributed by atoms with E-state index in [4.69, 9.17) is 14.3 Å². The Balaban J connectivity index is 2.28. The highest BCUT2D eigenvalue weighted by molar-refractivity contribution is 6.01. The van der Waals surface area contributed by atoms with E-state index in [1.807, 2.05) is 12.1 Å². The van der Waals surface area contributed by atoms with Gasteiger partial charge in [-0.05, 0) is 23.8 Å². The molecule has 0 spiro atoms. The second kappa shape index (κ2) is 4.99. The molecule has 1 aromatic carbocycles. The molecule has 1 heterocycles. The lowest BCUT2D eigenvalue weighted by molar-refractivity contribution is 0.201. The van der Waals surface area contributed by atoms with Gasteiger partial charge in [0.25, 0.3) is 0 Å². The van der Waals surface area contributed by atoms with Gasteiger partial charge in [-0.25, -0.2) is 0 Å². The molecule has 0 aliphatic carbocycles. The van der Waals surface area contributed by atoms with Crippen LogP contribution in [0.2, 0.25) is 0 Å². The van der Waals surface area contributed by atoms with Crippen LogP contribution in [0.5, 0.6) is 5.75 Å². The molecular weight excluding hydrogens is 206 g/mol. The fourth-order valence-corrected chi connectivity index (χ4v) is 1.78. The van der Waals surface area contributed by atoms with Crippen molar-refractivity contribution in [3.05, 3.63) is 29.3 Å². The van der Waals surface area contributed by atoms with E-state index in [-0.39, 0.29) is 0 Å². The maximum Gasteiger partial charge on any atom is 0.122 e. The first-order chi connectivity index (χ1) is 7.85. The molecule has 0 bridgehead atoms. The van der Waals surface area contributed by atoms with Crippen LogP contribution in [-0.2, 0) is 16.0 Å². The van der Waals surface area contributed by atoms with E-state index in [1.54, 1.807) is 7.11 Å². The highest BCUT2D eigenvalue weighted by Gasteiger charge is 2.14. The lowest BCUT2D eigenvalue weighted by Crippen LogP contribution is -2.09. The topological polar surface area (TPSA) is 40.0 Å². The van der Waals surface area contributed by atoms with Crippen LogP contribution in [0.3, 0.4) is 0 Å². The highest BCUT2D eigenvalue weighted by Crippen LogP contribution is 2.26. The molecule has 2 rings (SSSR count). The van der Waals surface area contributed by atoms with Gasteiger partial charge in [-0.2, -0.15) is 0 Å². The van der Waals surface area contributed by atoms with Gasteiger partial charge in [-0.3, -0.25) is 0 Å². The van der Waals surface area contributed by atoms with E-state index in [1.165, 1.54) is 12.7 Å². The van der Waals surface area contributed by atoms with E-state index in [9.17, 15) is 0 Å². The number of rotatable bonds is 4. The van der Waals surface area contributed by atoms with Crippen molar-refractivity contribution in [3.8, 4) is 5.75 Å². The second-order valence-electron chi connectivity index (χ2n) is 3.57. The monoisotopic (exact) mass is 221 g/mol. The van der Waals surface area contributed by atoms with Crippen molar-refractivity contribution in [2.24, 2.45) is 5.16 Å². The van der Waals surface area contributed by atoms with Crippen LogP contribution in [-0.4, -0.2) is 33.1 Å². The molecule has 1 aromatic rings. The molecule has 16 heavy (non-hydrogen) atoms. The quantitative estimate of drug-likeness (QED) is 0.573. The Bertz CT molecular complexity index is 401. The fraction of sp³-hybridized carbons (Fsp3) is 0.417. The molecule has 0 amide bonds. The molecule has 4 nitrogen and oxygen atoms in total. The number of ether oxygens (including phenoxy) is 2. The normalized spacial score (nSPS) is 14.5. The number of oxime groups is 1. The van der Waals surface area contributed by atoms with Crippen molar-refractivity contribution in [2.75, 3.05) is 27.4 Å². The van der Waals surface area contributed by atoms with Crippen LogP contribution < -0.4 is 4.74 Å². The smallest absolute Gasteiger partial charge is 0.122 e. The molecule has 0 aromatic heterocycles. The number of hydrogen-bond acceptors (Lipinski definition) is 4. The van der Waals surface area contributed by atoms with E-state index < -0.39 is 0 Å². The lowest BCUT2D eigenvalue weighted by atomic mass is 10.1. The molecule has 1 aliphatic heterocycles. The summed E-state index contributed by atoms with van der Waals surface area (Å²) in [5.74, 6) is 0.970. The van der Waals surface area contributed by atoms with Crippen molar-refractivity contribution in [1.82, 2.24) is 0 Å². The van der Waals surface area contributed by atoms with Gasteiger partial charge in [0, 0.05) is 19.1 Å². The molecule has 0 N–H and O–H groups in total. The van der Waals surface area contributed by atoms with Crippen molar-refractivity contribution in [3.63, 3.8) is 0 Å². The zero-order valence-corrected chi connectivity index (χ0v) is 9.53. The average Bonchev–Trinajstić information content (AvgIpc) is 2.75. The van der Waals surface area contributed by atoms with E-state index in [0.717, 1.165) is 30.1 Å². The van der Waals surface area contributed by atoms with Crippen LogP contribution in [0.4, 0.5) is 0 Å². The van der Waals surface area contributed by atoms with Gasteiger partial charge in [-0.1, -0.05) is 5.16 Å². The first kappa shape index (κ1) is 11.0. The zero-order valence-electron chi connectivity index (χ0n) is 9.53. The zero-order chi connectivity index (χ0) is 11.4. The van der Waals surface area contributed by atoms with Gasteiger partial charge >= 0.3 is 0 Å². The third-order valence-electron chi connectivity index (χ3n) is 2.51. The number of methoxy groups -OCH3 is 1. The van der Waals surface area contributed by atoms with Crippen LogP contribution in [0.1, 0.15) is 11.1 Å². The van der Waals surface area contributed by atoms with Crippen molar-refractivity contribution in [1.29, 1.82) is 0 Å². The Morgan fingerprint density at radius 1 is 1.44 bits per heavy atom. The maximum absolute atomic E-state index is 5.45. The molecule has 86 valence electrons.